The molecule has 0 spiro atoms. The van der Waals surface area contributed by atoms with Gasteiger partial charge < -0.3 is 10.1 Å². The van der Waals surface area contributed by atoms with Crippen molar-refractivity contribution in [3.63, 3.8) is 0 Å². The van der Waals surface area contributed by atoms with E-state index in [1.807, 2.05) is 6.92 Å². The fraction of sp³-hybridized carbons (Fsp3) is 0.312. The minimum atomic E-state index is -3.64. The zero-order valence-electron chi connectivity index (χ0n) is 13.6. The van der Waals surface area contributed by atoms with E-state index in [0.29, 0.717) is 25.3 Å². The molecule has 1 rings (SSSR count). The molecule has 0 unspecified atom stereocenters. The van der Waals surface area contributed by atoms with Gasteiger partial charge in [-0.1, -0.05) is 0 Å². The highest BCUT2D eigenvalue weighted by molar-refractivity contribution is 7.89. The number of rotatable bonds is 9. The van der Waals surface area contributed by atoms with Crippen LogP contribution < -0.4 is 10.0 Å². The summed E-state index contributed by atoms with van der Waals surface area (Å²) in [5, 5.41) is 29.1. The van der Waals surface area contributed by atoms with E-state index in [1.54, 1.807) is 18.2 Å². The molecule has 130 valence electrons. The van der Waals surface area contributed by atoms with Crippen molar-refractivity contribution >= 4 is 15.7 Å². The number of nitrogens with zero attached hydrogens (tertiary/aromatic N) is 3. The molecule has 0 heterocycles. The summed E-state index contributed by atoms with van der Waals surface area (Å²) in [6, 6.07) is 10.6. The lowest BCUT2D eigenvalue weighted by molar-refractivity contribution is 0.146. The van der Waals surface area contributed by atoms with Crippen molar-refractivity contribution in [2.24, 2.45) is 0 Å². The number of hydrogen-bond donors (Lipinski definition) is 2. The molecule has 0 atom stereocenters. The maximum Gasteiger partial charge on any atom is 0.240 e. The predicted molar refractivity (Wildman–Crippen MR) is 90.2 cm³/mol. The smallest absolute Gasteiger partial charge is 0.240 e. The summed E-state index contributed by atoms with van der Waals surface area (Å²) in [7, 11) is -3.64. The summed E-state index contributed by atoms with van der Waals surface area (Å²) in [5.74, 6) is 0. The predicted octanol–water partition coefficient (Wildman–Crippen LogP) is 1.63. The van der Waals surface area contributed by atoms with E-state index >= 15 is 0 Å². The second-order valence-electron chi connectivity index (χ2n) is 4.68. The van der Waals surface area contributed by atoms with Crippen molar-refractivity contribution in [1.29, 1.82) is 15.8 Å². The van der Waals surface area contributed by atoms with Gasteiger partial charge in [0.15, 0.2) is 5.57 Å². The molecule has 0 aliphatic heterocycles. The van der Waals surface area contributed by atoms with E-state index in [9.17, 15) is 8.42 Å². The molecule has 0 bridgehead atoms. The lowest BCUT2D eigenvalue weighted by Crippen LogP contribution is -2.25. The van der Waals surface area contributed by atoms with Crippen LogP contribution in [0, 0.1) is 34.0 Å². The third kappa shape index (κ3) is 6.25. The van der Waals surface area contributed by atoms with Crippen molar-refractivity contribution in [1.82, 2.24) is 4.72 Å². The average Bonchev–Trinajstić information content (AvgIpc) is 2.62. The van der Waals surface area contributed by atoms with Crippen LogP contribution in [0.3, 0.4) is 0 Å². The highest BCUT2D eigenvalue weighted by atomic mass is 32.2. The molecule has 0 radical (unpaired) electrons. The number of sulfonamides is 1. The Morgan fingerprint density at radius 2 is 1.76 bits per heavy atom. The fourth-order valence-corrected chi connectivity index (χ4v) is 2.83. The normalized spacial score (nSPS) is 10.2. The maximum atomic E-state index is 12.1. The first kappa shape index (κ1) is 20.1. The molecule has 0 saturated carbocycles. The van der Waals surface area contributed by atoms with E-state index in [0.717, 1.165) is 0 Å². The van der Waals surface area contributed by atoms with Gasteiger partial charge in [0, 0.05) is 25.4 Å². The van der Waals surface area contributed by atoms with Crippen LogP contribution in [-0.4, -0.2) is 28.2 Å². The number of anilines is 1. The molecule has 25 heavy (non-hydrogen) atoms. The first-order valence-electron chi connectivity index (χ1n) is 7.37. The lowest BCUT2D eigenvalue weighted by Gasteiger charge is -2.09. The van der Waals surface area contributed by atoms with Gasteiger partial charge in [-0.15, -0.1) is 0 Å². The van der Waals surface area contributed by atoms with Gasteiger partial charge in [0.1, 0.15) is 23.9 Å². The van der Waals surface area contributed by atoms with Gasteiger partial charge in [0.05, 0.1) is 4.90 Å². The summed E-state index contributed by atoms with van der Waals surface area (Å²) in [6.45, 7) is 3.19. The van der Waals surface area contributed by atoms with Crippen LogP contribution in [0.1, 0.15) is 13.3 Å². The number of nitriles is 3. The molecular formula is C16H17N5O3S. The van der Waals surface area contributed by atoms with Crippen LogP contribution in [0.5, 0.6) is 0 Å². The summed E-state index contributed by atoms with van der Waals surface area (Å²) in [4.78, 5) is 0.0673. The zero-order valence-corrected chi connectivity index (χ0v) is 14.4. The Bertz CT molecular complexity index is 824. The summed E-state index contributed by atoms with van der Waals surface area (Å²) >= 11 is 0. The van der Waals surface area contributed by atoms with E-state index < -0.39 is 10.0 Å². The van der Waals surface area contributed by atoms with Gasteiger partial charge in [-0.25, -0.2) is 13.1 Å². The molecule has 0 fully saturated rings. The quantitative estimate of drug-likeness (QED) is 0.504. The van der Waals surface area contributed by atoms with E-state index in [1.165, 1.54) is 24.3 Å². The number of hydrogen-bond acceptors (Lipinski definition) is 7. The van der Waals surface area contributed by atoms with E-state index in [-0.39, 0.29) is 22.7 Å². The number of allylic oxidation sites excluding steroid dienone is 2. The lowest BCUT2D eigenvalue weighted by atomic mass is 10.2. The Labute approximate surface area is 147 Å². The first-order chi connectivity index (χ1) is 12.0. The highest BCUT2D eigenvalue weighted by Crippen LogP contribution is 2.16. The van der Waals surface area contributed by atoms with Crippen molar-refractivity contribution < 1.29 is 13.2 Å². The molecule has 8 nitrogen and oxygen atoms in total. The van der Waals surface area contributed by atoms with Crippen LogP contribution >= 0.6 is 0 Å². The van der Waals surface area contributed by atoms with Crippen molar-refractivity contribution in [3.05, 3.63) is 35.5 Å². The Balaban J connectivity index is 2.79. The highest BCUT2D eigenvalue weighted by Gasteiger charge is 2.13. The topological polar surface area (TPSA) is 139 Å². The first-order valence-corrected chi connectivity index (χ1v) is 8.85. The molecule has 0 aliphatic carbocycles. The van der Waals surface area contributed by atoms with Crippen LogP contribution in [0.15, 0.2) is 40.4 Å². The average molecular weight is 359 g/mol. The molecular weight excluding hydrogens is 342 g/mol. The minimum Gasteiger partial charge on any atom is -0.382 e. The monoisotopic (exact) mass is 359 g/mol. The summed E-state index contributed by atoms with van der Waals surface area (Å²) in [5.41, 5.74) is -0.167. The molecule has 0 aromatic heterocycles. The van der Waals surface area contributed by atoms with Crippen molar-refractivity contribution in [2.45, 2.75) is 18.2 Å². The minimum absolute atomic E-state index is 0.0673. The Morgan fingerprint density at radius 3 is 2.28 bits per heavy atom. The third-order valence-electron chi connectivity index (χ3n) is 2.98. The second kappa shape index (κ2) is 10.1. The maximum absolute atomic E-state index is 12.1. The summed E-state index contributed by atoms with van der Waals surface area (Å²) < 4.78 is 31.9. The molecule has 0 aliphatic rings. The zero-order chi connectivity index (χ0) is 18.7. The molecule has 0 saturated heterocycles. The van der Waals surface area contributed by atoms with Crippen LogP contribution in [0.2, 0.25) is 0 Å². The summed E-state index contributed by atoms with van der Waals surface area (Å²) in [6.07, 6.45) is 0.564. The van der Waals surface area contributed by atoms with Crippen molar-refractivity contribution in [3.8, 4) is 18.2 Å². The van der Waals surface area contributed by atoms with E-state index in [4.69, 9.17) is 20.5 Å². The third-order valence-corrected chi connectivity index (χ3v) is 4.46. The molecule has 1 aromatic carbocycles. The van der Waals surface area contributed by atoms with Crippen LogP contribution in [0.4, 0.5) is 5.69 Å². The van der Waals surface area contributed by atoms with Crippen molar-refractivity contribution in [2.75, 3.05) is 25.1 Å². The molecule has 2 N–H and O–H groups in total. The van der Waals surface area contributed by atoms with Gasteiger partial charge in [0.25, 0.3) is 0 Å². The Morgan fingerprint density at radius 1 is 1.12 bits per heavy atom. The molecule has 1 aromatic rings. The second-order valence-corrected chi connectivity index (χ2v) is 6.45. The van der Waals surface area contributed by atoms with Crippen LogP contribution in [0.25, 0.3) is 0 Å². The fourth-order valence-electron chi connectivity index (χ4n) is 1.75. The largest absolute Gasteiger partial charge is 0.382 e. The Kier molecular flexibility index (Phi) is 8.11. The number of nitrogens with one attached hydrogen (secondary N) is 2. The van der Waals surface area contributed by atoms with Gasteiger partial charge in [-0.2, -0.15) is 15.8 Å². The SMILES string of the molecule is CCOCCCNS(=O)(=O)c1ccc(NC(C#N)=C(C#N)C#N)cc1. The number of benzene rings is 1. The van der Waals surface area contributed by atoms with Gasteiger partial charge in [0.2, 0.25) is 10.0 Å². The molecule has 0 amide bonds. The Hall–Kier alpha value is -2.90. The number of ether oxygens (including phenoxy) is 1. The van der Waals surface area contributed by atoms with Gasteiger partial charge in [-0.05, 0) is 37.6 Å². The van der Waals surface area contributed by atoms with Crippen LogP contribution in [-0.2, 0) is 14.8 Å². The standard InChI is InChI=1S/C16H17N5O3S/c1-2-24-9-3-8-20-25(22,23)15-6-4-14(5-7-15)21-16(12-19)13(10-17)11-18/h4-7,20-21H,2-3,8-9H2,1H3. The van der Waals surface area contributed by atoms with Gasteiger partial charge >= 0.3 is 0 Å². The van der Waals surface area contributed by atoms with E-state index in [2.05, 4.69) is 10.0 Å². The van der Waals surface area contributed by atoms with Gasteiger partial charge in [-0.3, -0.25) is 0 Å². The molecule has 9 heteroatoms.